The Morgan fingerprint density at radius 1 is 1.14 bits per heavy atom. The van der Waals surface area contributed by atoms with E-state index in [0.29, 0.717) is 12.3 Å². The number of hydrogen-bond donors (Lipinski definition) is 1. The van der Waals surface area contributed by atoms with E-state index in [1.54, 1.807) is 6.26 Å². The van der Waals surface area contributed by atoms with Gasteiger partial charge in [-0.3, -0.25) is 9.69 Å². The minimum atomic E-state index is -0.157. The van der Waals surface area contributed by atoms with Gasteiger partial charge in [0.1, 0.15) is 17.1 Å². The fourth-order valence-corrected chi connectivity index (χ4v) is 4.85. The largest absolute Gasteiger partial charge is 0.487 e. The third-order valence-corrected chi connectivity index (χ3v) is 6.75. The van der Waals surface area contributed by atoms with E-state index < -0.39 is 0 Å². The van der Waals surface area contributed by atoms with Crippen LogP contribution < -0.4 is 10.1 Å². The molecule has 1 saturated heterocycles. The van der Waals surface area contributed by atoms with E-state index in [0.717, 1.165) is 57.0 Å². The third kappa shape index (κ3) is 4.35. The quantitative estimate of drug-likeness (QED) is 0.802. The molecule has 1 saturated carbocycles. The Bertz CT molecular complexity index is 836. The number of amides is 1. The van der Waals surface area contributed by atoms with Gasteiger partial charge in [-0.05, 0) is 61.8 Å². The first kappa shape index (κ1) is 18.7. The summed E-state index contributed by atoms with van der Waals surface area (Å²) in [5.74, 6) is 3.12. The van der Waals surface area contributed by atoms with Crippen molar-refractivity contribution >= 4 is 5.91 Å². The van der Waals surface area contributed by atoms with E-state index in [1.807, 2.05) is 18.2 Å². The topological polar surface area (TPSA) is 54.7 Å². The van der Waals surface area contributed by atoms with Crippen molar-refractivity contribution in [2.75, 3.05) is 19.6 Å². The Kier molecular flexibility index (Phi) is 5.08. The number of furan rings is 1. The molecule has 1 spiro atoms. The number of nitrogens with zero attached hydrogens (tertiary/aromatic N) is 1. The van der Waals surface area contributed by atoms with Crippen LogP contribution in [0.15, 0.2) is 47.1 Å². The summed E-state index contributed by atoms with van der Waals surface area (Å²) >= 11 is 0. The van der Waals surface area contributed by atoms with Crippen molar-refractivity contribution in [3.8, 4) is 5.75 Å². The van der Waals surface area contributed by atoms with E-state index >= 15 is 0 Å². The number of piperidine rings is 1. The van der Waals surface area contributed by atoms with Gasteiger partial charge in [0.25, 0.3) is 0 Å². The van der Waals surface area contributed by atoms with E-state index in [9.17, 15) is 4.79 Å². The highest BCUT2D eigenvalue weighted by Gasteiger charge is 2.43. The molecule has 1 amide bonds. The Balaban J connectivity index is 1.26. The van der Waals surface area contributed by atoms with Gasteiger partial charge < -0.3 is 14.5 Å². The number of ether oxygens (including phenoxy) is 1. The zero-order chi connectivity index (χ0) is 19.7. The monoisotopic (exact) mass is 394 g/mol. The van der Waals surface area contributed by atoms with Crippen LogP contribution in [-0.2, 0) is 11.3 Å². The molecule has 2 fully saturated rings. The van der Waals surface area contributed by atoms with Crippen molar-refractivity contribution in [1.29, 1.82) is 0 Å². The number of carbonyl (C=O) groups excluding carboxylic acids is 1. The highest BCUT2D eigenvalue weighted by molar-refractivity contribution is 5.77. The van der Waals surface area contributed by atoms with Crippen LogP contribution in [0, 0.1) is 5.92 Å². The molecule has 2 aromatic rings. The van der Waals surface area contributed by atoms with Gasteiger partial charge in [-0.15, -0.1) is 0 Å². The molecule has 0 radical (unpaired) electrons. The van der Waals surface area contributed by atoms with E-state index in [2.05, 4.69) is 28.4 Å². The molecule has 1 aromatic heterocycles. The molecule has 5 heteroatoms. The van der Waals surface area contributed by atoms with Gasteiger partial charge in [-0.1, -0.05) is 18.2 Å². The predicted octanol–water partition coefficient (Wildman–Crippen LogP) is 4.10. The van der Waals surface area contributed by atoms with Crippen molar-refractivity contribution in [2.45, 2.75) is 56.6 Å². The van der Waals surface area contributed by atoms with Gasteiger partial charge >= 0.3 is 0 Å². The molecule has 5 nitrogen and oxygen atoms in total. The van der Waals surface area contributed by atoms with Crippen LogP contribution in [0.1, 0.15) is 55.8 Å². The zero-order valence-electron chi connectivity index (χ0n) is 16.9. The Hall–Kier alpha value is -2.27. The molecule has 3 aliphatic rings. The molecule has 1 aromatic carbocycles. The molecule has 1 N–H and O–H groups in total. The SMILES string of the molecule is O=C(C[C@H]1CC2(CCN(Cc3ccco3)CC2)Oc2ccccc21)NCC1CC1. The Labute approximate surface area is 172 Å². The van der Waals surface area contributed by atoms with Crippen molar-refractivity contribution in [3.63, 3.8) is 0 Å². The normalized spacial score (nSPS) is 23.4. The molecule has 3 heterocycles. The predicted molar refractivity (Wildman–Crippen MR) is 111 cm³/mol. The van der Waals surface area contributed by atoms with Gasteiger partial charge in [0.05, 0.1) is 12.8 Å². The van der Waals surface area contributed by atoms with Gasteiger partial charge in [0.2, 0.25) is 5.91 Å². The van der Waals surface area contributed by atoms with Gasteiger partial charge in [0, 0.05) is 32.0 Å². The molecular formula is C24H30N2O3. The van der Waals surface area contributed by atoms with E-state index in [4.69, 9.17) is 9.15 Å². The molecule has 1 atom stereocenters. The molecule has 0 bridgehead atoms. The van der Waals surface area contributed by atoms with Crippen molar-refractivity contribution in [1.82, 2.24) is 10.2 Å². The van der Waals surface area contributed by atoms with Gasteiger partial charge in [0.15, 0.2) is 0 Å². The average molecular weight is 395 g/mol. The first-order chi connectivity index (χ1) is 14.2. The molecule has 0 unspecified atom stereocenters. The number of likely N-dealkylation sites (tertiary alicyclic amines) is 1. The summed E-state index contributed by atoms with van der Waals surface area (Å²) in [6.45, 7) is 3.68. The van der Waals surface area contributed by atoms with Crippen LogP contribution in [0.25, 0.3) is 0 Å². The first-order valence-corrected chi connectivity index (χ1v) is 11.0. The second-order valence-electron chi connectivity index (χ2n) is 9.03. The van der Waals surface area contributed by atoms with Crippen molar-refractivity contribution < 1.29 is 13.9 Å². The minimum absolute atomic E-state index is 0.157. The summed E-state index contributed by atoms with van der Waals surface area (Å²) in [5, 5.41) is 3.15. The average Bonchev–Trinajstić information content (AvgIpc) is 3.43. The summed E-state index contributed by atoms with van der Waals surface area (Å²) in [7, 11) is 0. The zero-order valence-corrected chi connectivity index (χ0v) is 16.9. The highest BCUT2D eigenvalue weighted by atomic mass is 16.5. The van der Waals surface area contributed by atoms with E-state index in [1.165, 1.54) is 18.4 Å². The van der Waals surface area contributed by atoms with Crippen LogP contribution in [0.4, 0.5) is 0 Å². The summed E-state index contributed by atoms with van der Waals surface area (Å²) < 4.78 is 12.1. The van der Waals surface area contributed by atoms with E-state index in [-0.39, 0.29) is 17.4 Å². The van der Waals surface area contributed by atoms with Crippen LogP contribution in [0.2, 0.25) is 0 Å². The number of para-hydroxylation sites is 1. The number of rotatable bonds is 6. The lowest BCUT2D eigenvalue weighted by molar-refractivity contribution is -0.122. The Morgan fingerprint density at radius 2 is 1.97 bits per heavy atom. The number of nitrogens with one attached hydrogen (secondary N) is 1. The number of benzene rings is 1. The fraction of sp³-hybridized carbons (Fsp3) is 0.542. The van der Waals surface area contributed by atoms with Crippen molar-refractivity contribution in [2.24, 2.45) is 5.92 Å². The van der Waals surface area contributed by atoms with Gasteiger partial charge in [-0.25, -0.2) is 0 Å². The highest BCUT2D eigenvalue weighted by Crippen LogP contribution is 2.46. The van der Waals surface area contributed by atoms with Crippen LogP contribution in [0.3, 0.4) is 0 Å². The molecule has 5 rings (SSSR count). The maximum absolute atomic E-state index is 12.6. The summed E-state index contributed by atoms with van der Waals surface area (Å²) in [5.41, 5.74) is 1.04. The molecule has 1 aliphatic carbocycles. The molecular weight excluding hydrogens is 364 g/mol. The third-order valence-electron chi connectivity index (χ3n) is 6.75. The fourth-order valence-electron chi connectivity index (χ4n) is 4.85. The lowest BCUT2D eigenvalue weighted by Gasteiger charge is -2.46. The second-order valence-corrected chi connectivity index (χ2v) is 9.03. The minimum Gasteiger partial charge on any atom is -0.487 e. The standard InChI is InChI=1S/C24H30N2O3/c27-23(25-16-18-7-8-18)14-19-15-24(29-22-6-2-1-5-21(19)22)9-11-26(12-10-24)17-20-4-3-13-28-20/h1-6,13,18-19H,7-12,14-17H2,(H,25,27)/t19-/m0/s1. The molecule has 29 heavy (non-hydrogen) atoms. The summed E-state index contributed by atoms with van der Waals surface area (Å²) in [6, 6.07) is 12.3. The smallest absolute Gasteiger partial charge is 0.220 e. The first-order valence-electron chi connectivity index (χ1n) is 11.0. The number of hydrogen-bond acceptors (Lipinski definition) is 4. The number of carbonyl (C=O) groups is 1. The van der Waals surface area contributed by atoms with Crippen LogP contribution in [-0.4, -0.2) is 36.0 Å². The summed E-state index contributed by atoms with van der Waals surface area (Å²) in [6.07, 6.45) is 7.72. The maximum atomic E-state index is 12.6. The summed E-state index contributed by atoms with van der Waals surface area (Å²) in [4.78, 5) is 15.0. The lowest BCUT2D eigenvalue weighted by atomic mass is 9.76. The number of fused-ring (bicyclic) bond motifs is 1. The van der Waals surface area contributed by atoms with Crippen LogP contribution in [0.5, 0.6) is 5.75 Å². The second kappa shape index (κ2) is 7.86. The van der Waals surface area contributed by atoms with Crippen LogP contribution >= 0.6 is 0 Å². The Morgan fingerprint density at radius 3 is 2.72 bits per heavy atom. The van der Waals surface area contributed by atoms with Gasteiger partial charge in [-0.2, -0.15) is 0 Å². The molecule has 2 aliphatic heterocycles. The maximum Gasteiger partial charge on any atom is 0.220 e. The van der Waals surface area contributed by atoms with Crippen molar-refractivity contribution in [3.05, 3.63) is 54.0 Å². The lowest BCUT2D eigenvalue weighted by Crippen LogP contribution is -2.50. The molecule has 154 valence electrons.